The Labute approximate surface area is 89.2 Å². The monoisotopic (exact) mass is 211 g/mol. The summed E-state index contributed by atoms with van der Waals surface area (Å²) in [4.78, 5) is 24.9. The van der Waals surface area contributed by atoms with E-state index in [1.165, 1.54) is 0 Å². The Balaban J connectivity index is 2.05. The van der Waals surface area contributed by atoms with E-state index in [0.717, 1.165) is 25.9 Å². The molecular formula is C10H17N3O2. The Kier molecular flexibility index (Phi) is 2.90. The largest absolute Gasteiger partial charge is 0.343 e. The Morgan fingerprint density at radius 2 is 2.20 bits per heavy atom. The minimum atomic E-state index is -0.367. The van der Waals surface area contributed by atoms with Crippen LogP contribution in [-0.2, 0) is 9.59 Å². The van der Waals surface area contributed by atoms with Crippen LogP contribution in [0.15, 0.2) is 0 Å². The Morgan fingerprint density at radius 1 is 1.40 bits per heavy atom. The van der Waals surface area contributed by atoms with Crippen molar-refractivity contribution in [2.75, 3.05) is 19.6 Å². The molecule has 0 aromatic rings. The lowest BCUT2D eigenvalue weighted by Crippen LogP contribution is -2.61. The first-order valence-electron chi connectivity index (χ1n) is 5.49. The molecule has 15 heavy (non-hydrogen) atoms. The highest BCUT2D eigenvalue weighted by molar-refractivity contribution is 5.94. The van der Waals surface area contributed by atoms with Crippen molar-refractivity contribution in [3.8, 4) is 0 Å². The summed E-state index contributed by atoms with van der Waals surface area (Å²) in [6, 6.07) is -0.173. The molecule has 0 aromatic heterocycles. The van der Waals surface area contributed by atoms with Crippen LogP contribution in [0.4, 0.5) is 0 Å². The molecule has 84 valence electrons. The summed E-state index contributed by atoms with van der Waals surface area (Å²) in [6.45, 7) is 3.78. The minimum absolute atomic E-state index is 0.0447. The number of amides is 2. The van der Waals surface area contributed by atoms with Crippen LogP contribution >= 0.6 is 0 Å². The van der Waals surface area contributed by atoms with Crippen LogP contribution in [0, 0.1) is 0 Å². The van der Waals surface area contributed by atoms with Gasteiger partial charge in [0.25, 0.3) is 0 Å². The van der Waals surface area contributed by atoms with Gasteiger partial charge in [-0.3, -0.25) is 9.59 Å². The lowest BCUT2D eigenvalue weighted by molar-refractivity contribution is -0.146. The van der Waals surface area contributed by atoms with Crippen molar-refractivity contribution in [2.45, 2.75) is 31.8 Å². The first-order chi connectivity index (χ1) is 7.18. The highest BCUT2D eigenvalue weighted by Crippen LogP contribution is 2.13. The van der Waals surface area contributed by atoms with Crippen LogP contribution in [0.25, 0.3) is 0 Å². The lowest BCUT2D eigenvalue weighted by Gasteiger charge is -2.38. The zero-order valence-corrected chi connectivity index (χ0v) is 8.95. The second-order valence-corrected chi connectivity index (χ2v) is 4.26. The van der Waals surface area contributed by atoms with Crippen molar-refractivity contribution >= 4 is 11.8 Å². The number of nitrogens with zero attached hydrogens (tertiary/aromatic N) is 1. The molecule has 2 unspecified atom stereocenters. The Bertz CT molecular complexity index is 274. The molecule has 2 aliphatic heterocycles. The molecule has 0 aliphatic carbocycles. The third-order valence-electron chi connectivity index (χ3n) is 3.06. The van der Waals surface area contributed by atoms with Gasteiger partial charge in [-0.15, -0.1) is 0 Å². The third-order valence-corrected chi connectivity index (χ3v) is 3.06. The molecule has 2 amide bonds. The summed E-state index contributed by atoms with van der Waals surface area (Å²) in [6.07, 6.45) is 2.07. The smallest absolute Gasteiger partial charge is 0.245 e. The predicted molar refractivity (Wildman–Crippen MR) is 55.2 cm³/mol. The third kappa shape index (κ3) is 2.12. The number of piperazine rings is 1. The summed E-state index contributed by atoms with van der Waals surface area (Å²) in [5.74, 6) is -0.00373. The van der Waals surface area contributed by atoms with Gasteiger partial charge in [-0.2, -0.15) is 0 Å². The van der Waals surface area contributed by atoms with E-state index >= 15 is 0 Å². The zero-order valence-electron chi connectivity index (χ0n) is 8.95. The fourth-order valence-electron chi connectivity index (χ4n) is 2.24. The quantitative estimate of drug-likeness (QED) is 0.590. The van der Waals surface area contributed by atoms with Crippen molar-refractivity contribution < 1.29 is 9.59 Å². The van der Waals surface area contributed by atoms with E-state index < -0.39 is 0 Å². The van der Waals surface area contributed by atoms with Crippen LogP contribution in [0.5, 0.6) is 0 Å². The fourth-order valence-corrected chi connectivity index (χ4v) is 2.24. The maximum Gasteiger partial charge on any atom is 0.245 e. The molecule has 2 heterocycles. The van der Waals surface area contributed by atoms with Crippen LogP contribution in [0.3, 0.4) is 0 Å². The summed E-state index contributed by atoms with van der Waals surface area (Å²) in [7, 11) is 0. The van der Waals surface area contributed by atoms with Gasteiger partial charge in [0.2, 0.25) is 11.8 Å². The van der Waals surface area contributed by atoms with Crippen LogP contribution in [0.1, 0.15) is 19.8 Å². The van der Waals surface area contributed by atoms with Crippen molar-refractivity contribution in [3.05, 3.63) is 0 Å². The molecule has 2 aliphatic rings. The van der Waals surface area contributed by atoms with E-state index in [-0.39, 0.29) is 30.4 Å². The van der Waals surface area contributed by atoms with Gasteiger partial charge in [0.1, 0.15) is 6.04 Å². The number of piperidine rings is 1. The summed E-state index contributed by atoms with van der Waals surface area (Å²) in [5, 5.41) is 5.90. The average molecular weight is 211 g/mol. The second kappa shape index (κ2) is 4.18. The van der Waals surface area contributed by atoms with Crippen LogP contribution in [-0.4, -0.2) is 48.4 Å². The molecule has 2 rings (SSSR count). The van der Waals surface area contributed by atoms with E-state index in [1.54, 1.807) is 11.8 Å². The number of nitrogens with one attached hydrogen (secondary N) is 2. The number of carbonyl (C=O) groups excluding carboxylic acids is 2. The first kappa shape index (κ1) is 10.4. The molecule has 0 spiro atoms. The number of hydrogen-bond acceptors (Lipinski definition) is 3. The van der Waals surface area contributed by atoms with E-state index in [9.17, 15) is 9.59 Å². The Hall–Kier alpha value is -1.10. The van der Waals surface area contributed by atoms with Gasteiger partial charge >= 0.3 is 0 Å². The van der Waals surface area contributed by atoms with Gasteiger partial charge in [-0.05, 0) is 26.3 Å². The fraction of sp³-hybridized carbons (Fsp3) is 0.800. The molecule has 5 nitrogen and oxygen atoms in total. The van der Waals surface area contributed by atoms with Gasteiger partial charge in [-0.25, -0.2) is 0 Å². The molecular weight excluding hydrogens is 194 g/mol. The summed E-state index contributed by atoms with van der Waals surface area (Å²) in [5.41, 5.74) is 0. The summed E-state index contributed by atoms with van der Waals surface area (Å²) >= 11 is 0. The van der Waals surface area contributed by atoms with Gasteiger partial charge < -0.3 is 15.5 Å². The van der Waals surface area contributed by atoms with Crippen molar-refractivity contribution in [1.29, 1.82) is 0 Å². The maximum absolute atomic E-state index is 11.9. The molecule has 0 radical (unpaired) electrons. The average Bonchev–Trinajstić information content (AvgIpc) is 2.24. The number of hydrogen-bond donors (Lipinski definition) is 2. The van der Waals surface area contributed by atoms with Gasteiger partial charge in [0.15, 0.2) is 0 Å². The maximum atomic E-state index is 11.9. The van der Waals surface area contributed by atoms with Gasteiger partial charge in [0, 0.05) is 12.6 Å². The highest BCUT2D eigenvalue weighted by Gasteiger charge is 2.34. The van der Waals surface area contributed by atoms with Crippen molar-refractivity contribution in [3.63, 3.8) is 0 Å². The van der Waals surface area contributed by atoms with Gasteiger partial charge in [0.05, 0.1) is 6.54 Å². The van der Waals surface area contributed by atoms with E-state index in [0.29, 0.717) is 0 Å². The summed E-state index contributed by atoms with van der Waals surface area (Å²) < 4.78 is 0. The van der Waals surface area contributed by atoms with E-state index in [1.807, 2.05) is 0 Å². The molecule has 5 heteroatoms. The molecule has 0 bridgehead atoms. The zero-order chi connectivity index (χ0) is 10.8. The number of carbonyl (C=O) groups is 2. The topological polar surface area (TPSA) is 61.4 Å². The molecule has 2 fully saturated rings. The molecule has 2 N–H and O–H groups in total. The van der Waals surface area contributed by atoms with E-state index in [4.69, 9.17) is 0 Å². The predicted octanol–water partition coefficient (Wildman–Crippen LogP) is -0.915. The lowest BCUT2D eigenvalue weighted by atomic mass is 10.0. The molecule has 2 saturated heterocycles. The normalized spacial score (nSPS) is 32.7. The molecule has 2 atom stereocenters. The molecule has 0 saturated carbocycles. The molecule has 0 aromatic carbocycles. The second-order valence-electron chi connectivity index (χ2n) is 4.26. The standard InChI is InChI=1S/C10H17N3O2/c1-7-10(15)13(6-9(14)12-7)8-3-2-4-11-5-8/h7-8,11H,2-6H2,1H3,(H,12,14). The van der Waals surface area contributed by atoms with E-state index in [2.05, 4.69) is 10.6 Å². The van der Waals surface area contributed by atoms with Crippen molar-refractivity contribution in [2.24, 2.45) is 0 Å². The number of rotatable bonds is 1. The highest BCUT2D eigenvalue weighted by atomic mass is 16.2. The van der Waals surface area contributed by atoms with Crippen molar-refractivity contribution in [1.82, 2.24) is 15.5 Å². The van der Waals surface area contributed by atoms with Crippen LogP contribution in [0.2, 0.25) is 0 Å². The van der Waals surface area contributed by atoms with Crippen LogP contribution < -0.4 is 10.6 Å². The first-order valence-corrected chi connectivity index (χ1v) is 5.49. The Morgan fingerprint density at radius 3 is 2.87 bits per heavy atom. The van der Waals surface area contributed by atoms with Gasteiger partial charge in [-0.1, -0.05) is 0 Å². The SMILES string of the molecule is CC1NC(=O)CN(C2CCCNC2)C1=O. The minimum Gasteiger partial charge on any atom is -0.343 e.